The maximum Gasteiger partial charge on any atom is 0.266 e. The van der Waals surface area contributed by atoms with Gasteiger partial charge in [0.15, 0.2) is 0 Å². The Morgan fingerprint density at radius 1 is 1.00 bits per heavy atom. The molecule has 0 N–H and O–H groups in total. The van der Waals surface area contributed by atoms with Gasteiger partial charge in [-0.3, -0.25) is 4.79 Å². The molecule has 6 heteroatoms. The van der Waals surface area contributed by atoms with Crippen LogP contribution in [0.1, 0.15) is 17.5 Å². The van der Waals surface area contributed by atoms with Crippen molar-refractivity contribution < 1.29 is 13.2 Å². The Kier molecular flexibility index (Phi) is 4.60. The summed E-state index contributed by atoms with van der Waals surface area (Å²) in [4.78, 5) is 12.5. The van der Waals surface area contributed by atoms with Crippen molar-refractivity contribution in [1.29, 1.82) is 0 Å². The van der Waals surface area contributed by atoms with Crippen LogP contribution in [0.3, 0.4) is 0 Å². The molecule has 0 saturated carbocycles. The van der Waals surface area contributed by atoms with Crippen molar-refractivity contribution in [2.45, 2.75) is 18.2 Å². The lowest BCUT2D eigenvalue weighted by atomic mass is 10.0. The van der Waals surface area contributed by atoms with Crippen molar-refractivity contribution in [3.8, 4) is 0 Å². The maximum absolute atomic E-state index is 12.7. The predicted molar refractivity (Wildman–Crippen MR) is 96.8 cm³/mol. The molecule has 0 aromatic heterocycles. The first-order valence-electron chi connectivity index (χ1n) is 7.48. The number of sulfonamides is 1. The van der Waals surface area contributed by atoms with E-state index < -0.39 is 15.9 Å². The Labute approximate surface area is 150 Å². The minimum atomic E-state index is -3.81. The van der Waals surface area contributed by atoms with Gasteiger partial charge in [-0.1, -0.05) is 45.8 Å². The quantitative estimate of drug-likeness (QED) is 0.780. The van der Waals surface area contributed by atoms with Crippen LogP contribution in [0.4, 0.5) is 0 Å². The van der Waals surface area contributed by atoms with Gasteiger partial charge in [0.25, 0.3) is 15.9 Å². The zero-order chi connectivity index (χ0) is 17.3. The van der Waals surface area contributed by atoms with Gasteiger partial charge in [-0.15, -0.1) is 0 Å². The number of hydrogen-bond donors (Lipinski definition) is 0. The van der Waals surface area contributed by atoms with E-state index in [1.165, 1.54) is 18.2 Å². The molecule has 2 aromatic rings. The molecule has 2 aromatic carbocycles. The average Bonchev–Trinajstić information content (AvgIpc) is 2.55. The van der Waals surface area contributed by atoms with Gasteiger partial charge in [-0.2, -0.15) is 0 Å². The molecule has 1 aliphatic heterocycles. The summed E-state index contributed by atoms with van der Waals surface area (Å²) in [6.45, 7) is 2.03. The van der Waals surface area contributed by atoms with Gasteiger partial charge < -0.3 is 0 Å². The Morgan fingerprint density at radius 2 is 1.62 bits per heavy atom. The zero-order valence-corrected chi connectivity index (χ0v) is 15.5. The van der Waals surface area contributed by atoms with E-state index in [0.29, 0.717) is 6.42 Å². The van der Waals surface area contributed by atoms with Crippen molar-refractivity contribution in [3.05, 3.63) is 70.2 Å². The van der Waals surface area contributed by atoms with Gasteiger partial charge in [0.05, 0.1) is 4.90 Å². The summed E-state index contributed by atoms with van der Waals surface area (Å²) >= 11 is 3.37. The molecule has 0 aliphatic carbocycles. The number of rotatable bonds is 3. The SMILES string of the molecule is Cc1ccc(S(=O)(=O)N2CCC(c3ccc(Br)cc3)=CC2=O)cc1. The fourth-order valence-electron chi connectivity index (χ4n) is 2.59. The van der Waals surface area contributed by atoms with E-state index in [2.05, 4.69) is 15.9 Å². The van der Waals surface area contributed by atoms with E-state index in [4.69, 9.17) is 0 Å². The monoisotopic (exact) mass is 405 g/mol. The van der Waals surface area contributed by atoms with Crippen LogP contribution in [0.15, 0.2) is 64.0 Å². The normalized spacial score (nSPS) is 15.3. The zero-order valence-electron chi connectivity index (χ0n) is 13.1. The molecular formula is C18H16BrNO3S. The second-order valence-electron chi connectivity index (χ2n) is 5.65. The maximum atomic E-state index is 12.7. The average molecular weight is 406 g/mol. The first-order valence-corrected chi connectivity index (χ1v) is 9.71. The molecule has 3 rings (SSSR count). The standard InChI is InChI=1S/C18H16BrNO3S/c1-13-2-8-17(9-3-13)24(22,23)20-11-10-15(12-18(20)21)14-4-6-16(19)7-5-14/h2-9,12H,10-11H2,1H3. The van der Waals surface area contributed by atoms with Crippen LogP contribution in [0, 0.1) is 6.92 Å². The van der Waals surface area contributed by atoms with Crippen molar-refractivity contribution in [2.24, 2.45) is 0 Å². The summed E-state index contributed by atoms with van der Waals surface area (Å²) in [5.74, 6) is -0.500. The highest BCUT2D eigenvalue weighted by Crippen LogP contribution is 2.27. The van der Waals surface area contributed by atoms with Crippen molar-refractivity contribution in [2.75, 3.05) is 6.54 Å². The van der Waals surface area contributed by atoms with Gasteiger partial charge in [0.2, 0.25) is 0 Å². The van der Waals surface area contributed by atoms with Crippen LogP contribution in [-0.2, 0) is 14.8 Å². The lowest BCUT2D eigenvalue weighted by Gasteiger charge is -2.26. The summed E-state index contributed by atoms with van der Waals surface area (Å²) in [5, 5.41) is 0. The van der Waals surface area contributed by atoms with E-state index in [1.54, 1.807) is 12.1 Å². The van der Waals surface area contributed by atoms with Gasteiger partial charge in [-0.25, -0.2) is 12.7 Å². The van der Waals surface area contributed by atoms with E-state index in [0.717, 1.165) is 25.5 Å². The fraction of sp³-hybridized carbons (Fsp3) is 0.167. The van der Waals surface area contributed by atoms with E-state index in [-0.39, 0.29) is 11.4 Å². The fourth-order valence-corrected chi connectivity index (χ4v) is 4.21. The third-order valence-corrected chi connectivity index (χ3v) is 6.29. The van der Waals surface area contributed by atoms with Crippen LogP contribution < -0.4 is 0 Å². The van der Waals surface area contributed by atoms with Gasteiger partial charge in [-0.05, 0) is 48.7 Å². The molecule has 0 unspecified atom stereocenters. The topological polar surface area (TPSA) is 54.5 Å². The number of hydrogen-bond acceptors (Lipinski definition) is 3. The highest BCUT2D eigenvalue weighted by atomic mass is 79.9. The Morgan fingerprint density at radius 3 is 2.21 bits per heavy atom. The number of carbonyl (C=O) groups excluding carboxylic acids is 1. The highest BCUT2D eigenvalue weighted by molar-refractivity contribution is 9.10. The molecule has 0 spiro atoms. The van der Waals surface area contributed by atoms with Crippen LogP contribution in [-0.4, -0.2) is 25.2 Å². The molecule has 0 saturated heterocycles. The molecule has 0 fully saturated rings. The lowest BCUT2D eigenvalue weighted by Crippen LogP contribution is -2.39. The third kappa shape index (κ3) is 3.30. The Hall–Kier alpha value is -1.92. The highest BCUT2D eigenvalue weighted by Gasteiger charge is 2.31. The molecule has 1 amide bonds. The third-order valence-electron chi connectivity index (χ3n) is 3.95. The van der Waals surface area contributed by atoms with Gasteiger partial charge >= 0.3 is 0 Å². The Balaban J connectivity index is 1.89. The van der Waals surface area contributed by atoms with E-state index in [9.17, 15) is 13.2 Å². The summed E-state index contributed by atoms with van der Waals surface area (Å²) in [5.41, 5.74) is 2.75. The van der Waals surface area contributed by atoms with Gasteiger partial charge in [0, 0.05) is 17.1 Å². The van der Waals surface area contributed by atoms with Crippen LogP contribution in [0.25, 0.3) is 5.57 Å². The Bertz CT molecular complexity index is 900. The second-order valence-corrected chi connectivity index (χ2v) is 8.43. The summed E-state index contributed by atoms with van der Waals surface area (Å²) in [6.07, 6.45) is 1.91. The van der Waals surface area contributed by atoms with Crippen LogP contribution >= 0.6 is 15.9 Å². The number of halogens is 1. The second kappa shape index (κ2) is 6.53. The molecule has 0 atom stereocenters. The summed E-state index contributed by atoms with van der Waals surface area (Å²) < 4.78 is 27.2. The van der Waals surface area contributed by atoms with Gasteiger partial charge in [0.1, 0.15) is 0 Å². The number of aryl methyl sites for hydroxylation is 1. The number of benzene rings is 2. The van der Waals surface area contributed by atoms with Crippen LogP contribution in [0.5, 0.6) is 0 Å². The molecule has 1 heterocycles. The summed E-state index contributed by atoms with van der Waals surface area (Å²) in [6, 6.07) is 14.1. The predicted octanol–water partition coefficient (Wildman–Crippen LogP) is 3.76. The van der Waals surface area contributed by atoms with Crippen molar-refractivity contribution in [3.63, 3.8) is 0 Å². The van der Waals surface area contributed by atoms with Crippen molar-refractivity contribution >= 4 is 37.4 Å². The molecule has 0 bridgehead atoms. The molecule has 4 nitrogen and oxygen atoms in total. The van der Waals surface area contributed by atoms with E-state index in [1.807, 2.05) is 31.2 Å². The largest absolute Gasteiger partial charge is 0.269 e. The van der Waals surface area contributed by atoms with Crippen LogP contribution in [0.2, 0.25) is 0 Å². The number of amides is 1. The smallest absolute Gasteiger partial charge is 0.266 e. The molecule has 0 radical (unpaired) electrons. The van der Waals surface area contributed by atoms with E-state index >= 15 is 0 Å². The number of carbonyl (C=O) groups is 1. The first kappa shape index (κ1) is 16.9. The minimum Gasteiger partial charge on any atom is -0.269 e. The molecule has 1 aliphatic rings. The molecule has 24 heavy (non-hydrogen) atoms. The first-order chi connectivity index (χ1) is 11.4. The molecule has 124 valence electrons. The molecular weight excluding hydrogens is 390 g/mol. The van der Waals surface area contributed by atoms with Crippen molar-refractivity contribution in [1.82, 2.24) is 4.31 Å². The lowest BCUT2D eigenvalue weighted by molar-refractivity contribution is -0.121. The summed E-state index contributed by atoms with van der Waals surface area (Å²) in [7, 11) is -3.81. The minimum absolute atomic E-state index is 0.141. The number of nitrogens with zero attached hydrogens (tertiary/aromatic N) is 1.